The Hall–Kier alpha value is -2.96. The number of hydrazone groups is 1. The number of nitrogens with one attached hydrogen (secondary N) is 1. The molecule has 0 unspecified atom stereocenters. The van der Waals surface area contributed by atoms with Gasteiger partial charge in [-0.15, -0.1) is 0 Å². The molecule has 0 radical (unpaired) electrons. The normalized spacial score (nSPS) is 10.9. The summed E-state index contributed by atoms with van der Waals surface area (Å²) in [6, 6.07) is 9.43. The standard InChI is InChI=1S/C22H25BrN4O4/c1-14(2)11-30-17-7-5-16(6-8-17)10-25-27-20(28)13-31-22-18(9-24)19(12-29-4)21(23)15(3)26-22/h5-8,10,14H,11-13H2,1-4H3,(H,27,28)/b25-10-. The largest absolute Gasteiger partial charge is 0.493 e. The summed E-state index contributed by atoms with van der Waals surface area (Å²) < 4.78 is 16.9. The third-order valence-electron chi connectivity index (χ3n) is 3.97. The molecule has 0 bridgehead atoms. The van der Waals surface area contributed by atoms with Crippen LogP contribution in [0, 0.1) is 24.2 Å². The van der Waals surface area contributed by atoms with E-state index >= 15 is 0 Å². The Morgan fingerprint density at radius 1 is 1.32 bits per heavy atom. The van der Waals surface area contributed by atoms with Crippen molar-refractivity contribution < 1.29 is 19.0 Å². The van der Waals surface area contributed by atoms with Gasteiger partial charge in [0.15, 0.2) is 6.61 Å². The van der Waals surface area contributed by atoms with E-state index in [1.165, 1.54) is 13.3 Å². The van der Waals surface area contributed by atoms with Gasteiger partial charge in [-0.05, 0) is 58.6 Å². The van der Waals surface area contributed by atoms with Gasteiger partial charge in [-0.3, -0.25) is 4.79 Å². The van der Waals surface area contributed by atoms with Crippen LogP contribution in [0.15, 0.2) is 33.8 Å². The lowest BCUT2D eigenvalue weighted by molar-refractivity contribution is -0.123. The summed E-state index contributed by atoms with van der Waals surface area (Å²) in [6.45, 7) is 6.45. The molecule has 1 heterocycles. The van der Waals surface area contributed by atoms with Crippen LogP contribution < -0.4 is 14.9 Å². The average molecular weight is 489 g/mol. The average Bonchev–Trinajstić information content (AvgIpc) is 2.75. The number of carbonyl (C=O) groups excluding carboxylic acids is 1. The predicted octanol–water partition coefficient (Wildman–Crippen LogP) is 3.73. The summed E-state index contributed by atoms with van der Waals surface area (Å²) in [6.07, 6.45) is 1.52. The number of amides is 1. The van der Waals surface area contributed by atoms with Crippen LogP contribution in [0.25, 0.3) is 0 Å². The minimum absolute atomic E-state index is 0.0753. The number of carbonyl (C=O) groups is 1. The number of aryl methyl sites for hydroxylation is 1. The van der Waals surface area contributed by atoms with Crippen LogP contribution in [-0.2, 0) is 16.1 Å². The highest BCUT2D eigenvalue weighted by molar-refractivity contribution is 9.10. The molecule has 2 aromatic rings. The number of ether oxygens (including phenoxy) is 3. The molecular weight excluding hydrogens is 464 g/mol. The third kappa shape index (κ3) is 7.35. The molecule has 9 heteroatoms. The number of nitriles is 1. The summed E-state index contributed by atoms with van der Waals surface area (Å²) >= 11 is 3.41. The maximum atomic E-state index is 12.1. The van der Waals surface area contributed by atoms with Crippen molar-refractivity contribution in [1.82, 2.24) is 10.4 Å². The van der Waals surface area contributed by atoms with E-state index in [2.05, 4.69) is 51.4 Å². The van der Waals surface area contributed by atoms with E-state index in [0.29, 0.717) is 28.3 Å². The summed E-state index contributed by atoms with van der Waals surface area (Å²) in [4.78, 5) is 16.3. The maximum absolute atomic E-state index is 12.1. The number of nitrogens with zero attached hydrogens (tertiary/aromatic N) is 3. The molecule has 2 rings (SSSR count). The van der Waals surface area contributed by atoms with Crippen LogP contribution in [0.4, 0.5) is 0 Å². The van der Waals surface area contributed by atoms with E-state index in [1.54, 1.807) is 6.92 Å². The summed E-state index contributed by atoms with van der Waals surface area (Å²) in [5.74, 6) is 0.826. The van der Waals surface area contributed by atoms with E-state index in [4.69, 9.17) is 14.2 Å². The molecule has 1 amide bonds. The van der Waals surface area contributed by atoms with Gasteiger partial charge in [0, 0.05) is 17.1 Å². The number of rotatable bonds is 10. The molecular formula is C22H25BrN4O4. The van der Waals surface area contributed by atoms with Crippen LogP contribution in [-0.4, -0.2) is 37.4 Å². The Morgan fingerprint density at radius 2 is 2.03 bits per heavy atom. The molecule has 1 N–H and O–H groups in total. The summed E-state index contributed by atoms with van der Waals surface area (Å²) in [5.41, 5.74) is 4.65. The molecule has 0 spiro atoms. The van der Waals surface area contributed by atoms with Gasteiger partial charge in [-0.25, -0.2) is 10.4 Å². The number of methoxy groups -OCH3 is 1. The highest BCUT2D eigenvalue weighted by Gasteiger charge is 2.18. The van der Waals surface area contributed by atoms with Crippen molar-refractivity contribution >= 4 is 28.1 Å². The van der Waals surface area contributed by atoms with Gasteiger partial charge in [-0.2, -0.15) is 10.4 Å². The van der Waals surface area contributed by atoms with Crippen molar-refractivity contribution in [2.45, 2.75) is 27.4 Å². The monoisotopic (exact) mass is 488 g/mol. The number of aromatic nitrogens is 1. The Kier molecular flexibility index (Phi) is 9.43. The molecule has 0 aliphatic heterocycles. The Morgan fingerprint density at radius 3 is 2.65 bits per heavy atom. The highest BCUT2D eigenvalue weighted by Crippen LogP contribution is 2.29. The number of hydrogen-bond acceptors (Lipinski definition) is 7. The Balaban J connectivity index is 1.93. The maximum Gasteiger partial charge on any atom is 0.278 e. The molecule has 164 valence electrons. The van der Waals surface area contributed by atoms with Gasteiger partial charge in [0.05, 0.1) is 25.1 Å². The minimum Gasteiger partial charge on any atom is -0.493 e. The topological polar surface area (TPSA) is 106 Å². The number of pyridine rings is 1. The molecule has 0 saturated carbocycles. The zero-order chi connectivity index (χ0) is 22.8. The van der Waals surface area contributed by atoms with Gasteiger partial charge in [-0.1, -0.05) is 13.8 Å². The fourth-order valence-electron chi connectivity index (χ4n) is 2.47. The van der Waals surface area contributed by atoms with Gasteiger partial charge in [0.25, 0.3) is 5.91 Å². The Bertz CT molecular complexity index is 969. The number of halogens is 1. The fraction of sp³-hybridized carbons (Fsp3) is 0.364. The molecule has 0 aliphatic carbocycles. The number of benzene rings is 1. The molecule has 31 heavy (non-hydrogen) atoms. The zero-order valence-electron chi connectivity index (χ0n) is 17.9. The molecule has 0 atom stereocenters. The highest BCUT2D eigenvalue weighted by atomic mass is 79.9. The first-order valence-corrected chi connectivity index (χ1v) is 10.4. The van der Waals surface area contributed by atoms with Gasteiger partial charge < -0.3 is 14.2 Å². The quantitative estimate of drug-likeness (QED) is 0.403. The van der Waals surface area contributed by atoms with Gasteiger partial charge in [0.2, 0.25) is 5.88 Å². The smallest absolute Gasteiger partial charge is 0.278 e. The lowest BCUT2D eigenvalue weighted by Crippen LogP contribution is -2.25. The van der Waals surface area contributed by atoms with E-state index in [0.717, 1.165) is 11.3 Å². The fourth-order valence-corrected chi connectivity index (χ4v) is 2.87. The van der Waals surface area contributed by atoms with Gasteiger partial charge >= 0.3 is 0 Å². The first kappa shape index (κ1) is 24.3. The second kappa shape index (κ2) is 12.0. The lowest BCUT2D eigenvalue weighted by Gasteiger charge is -2.13. The SMILES string of the molecule is COCc1c(Br)c(C)nc(OCC(=O)N/N=C\c2ccc(OCC(C)C)cc2)c1C#N. The molecule has 0 saturated heterocycles. The Labute approximate surface area is 190 Å². The van der Waals surface area contributed by atoms with Crippen LogP contribution >= 0.6 is 15.9 Å². The van der Waals surface area contributed by atoms with Crippen molar-refractivity contribution in [3.8, 4) is 17.7 Å². The van der Waals surface area contributed by atoms with Crippen LogP contribution in [0.1, 0.15) is 36.2 Å². The summed E-state index contributed by atoms with van der Waals surface area (Å²) in [7, 11) is 1.53. The molecule has 0 fully saturated rings. The van der Waals surface area contributed by atoms with Crippen molar-refractivity contribution in [3.63, 3.8) is 0 Å². The second-order valence-corrected chi connectivity index (χ2v) is 7.86. The lowest BCUT2D eigenvalue weighted by atomic mass is 10.1. The van der Waals surface area contributed by atoms with Crippen LogP contribution in [0.2, 0.25) is 0 Å². The van der Waals surface area contributed by atoms with Crippen molar-refractivity contribution in [2.75, 3.05) is 20.3 Å². The van der Waals surface area contributed by atoms with Crippen molar-refractivity contribution in [2.24, 2.45) is 11.0 Å². The third-order valence-corrected chi connectivity index (χ3v) is 5.03. The van der Waals surface area contributed by atoms with E-state index in [9.17, 15) is 10.1 Å². The first-order chi connectivity index (χ1) is 14.8. The van der Waals surface area contributed by atoms with Crippen LogP contribution in [0.5, 0.6) is 11.6 Å². The second-order valence-electron chi connectivity index (χ2n) is 7.07. The van der Waals surface area contributed by atoms with E-state index < -0.39 is 5.91 Å². The van der Waals surface area contributed by atoms with Crippen LogP contribution in [0.3, 0.4) is 0 Å². The molecule has 8 nitrogen and oxygen atoms in total. The van der Waals surface area contributed by atoms with Gasteiger partial charge in [0.1, 0.15) is 17.4 Å². The summed E-state index contributed by atoms with van der Waals surface area (Å²) in [5, 5.41) is 13.4. The zero-order valence-corrected chi connectivity index (χ0v) is 19.5. The van der Waals surface area contributed by atoms with E-state index in [-0.39, 0.29) is 24.7 Å². The minimum atomic E-state index is -0.479. The molecule has 1 aromatic heterocycles. The molecule has 0 aliphatic rings. The number of hydrogen-bond donors (Lipinski definition) is 1. The van der Waals surface area contributed by atoms with E-state index in [1.807, 2.05) is 24.3 Å². The first-order valence-electron chi connectivity index (χ1n) is 9.61. The van der Waals surface area contributed by atoms with Crippen molar-refractivity contribution in [3.05, 3.63) is 51.1 Å². The molecule has 1 aromatic carbocycles. The van der Waals surface area contributed by atoms with Crippen molar-refractivity contribution in [1.29, 1.82) is 5.26 Å². The predicted molar refractivity (Wildman–Crippen MR) is 120 cm³/mol.